The van der Waals surface area contributed by atoms with Gasteiger partial charge in [0.1, 0.15) is 4.83 Å². The number of hydrogen-bond acceptors (Lipinski definition) is 2. The van der Waals surface area contributed by atoms with E-state index in [1.54, 1.807) is 0 Å². The Balaban J connectivity index is 2.01. The molecule has 0 aliphatic carbocycles. The molecule has 2 unspecified atom stereocenters. The SMILES string of the molecule is CC1(OC(=O)C(Br)c2ccccc2)C[NH2+]1. The van der Waals surface area contributed by atoms with Crippen molar-refractivity contribution in [3.05, 3.63) is 35.9 Å². The van der Waals surface area contributed by atoms with Gasteiger partial charge in [-0.2, -0.15) is 0 Å². The normalized spacial score (nSPS) is 25.7. The Hall–Kier alpha value is -0.870. The van der Waals surface area contributed by atoms with E-state index < -0.39 is 0 Å². The van der Waals surface area contributed by atoms with Crippen molar-refractivity contribution >= 4 is 21.9 Å². The van der Waals surface area contributed by atoms with Gasteiger partial charge in [-0.25, -0.2) is 0 Å². The highest BCUT2D eigenvalue weighted by Gasteiger charge is 2.49. The first-order valence-corrected chi connectivity index (χ1v) is 5.78. The molecule has 1 fully saturated rings. The molecule has 1 aromatic rings. The van der Waals surface area contributed by atoms with E-state index in [0.29, 0.717) is 0 Å². The zero-order chi connectivity index (χ0) is 10.9. The molecule has 4 heteroatoms. The minimum absolute atomic E-state index is 0.225. The van der Waals surface area contributed by atoms with Crippen molar-refractivity contribution < 1.29 is 14.8 Å². The van der Waals surface area contributed by atoms with Gasteiger partial charge in [0.05, 0.1) is 0 Å². The summed E-state index contributed by atoms with van der Waals surface area (Å²) >= 11 is 3.34. The van der Waals surface area contributed by atoms with E-state index in [9.17, 15) is 4.79 Å². The van der Waals surface area contributed by atoms with Gasteiger partial charge in [-0.05, 0) is 5.56 Å². The third kappa shape index (κ3) is 2.58. The third-order valence-electron chi connectivity index (χ3n) is 2.41. The summed E-state index contributed by atoms with van der Waals surface area (Å²) < 4.78 is 5.32. The summed E-state index contributed by atoms with van der Waals surface area (Å²) in [6, 6.07) is 9.54. The Kier molecular flexibility index (Phi) is 2.80. The summed E-state index contributed by atoms with van der Waals surface area (Å²) in [5.41, 5.74) is 0.601. The van der Waals surface area contributed by atoms with E-state index in [1.807, 2.05) is 42.6 Å². The maximum absolute atomic E-state index is 11.7. The van der Waals surface area contributed by atoms with Gasteiger partial charge >= 0.3 is 5.97 Å². The summed E-state index contributed by atoms with van der Waals surface area (Å²) in [7, 11) is 0. The van der Waals surface area contributed by atoms with E-state index in [1.165, 1.54) is 0 Å². The van der Waals surface area contributed by atoms with Crippen LogP contribution in [0.3, 0.4) is 0 Å². The zero-order valence-electron chi connectivity index (χ0n) is 8.44. The number of alkyl halides is 1. The van der Waals surface area contributed by atoms with Crippen LogP contribution in [-0.2, 0) is 9.53 Å². The molecule has 0 spiro atoms. The van der Waals surface area contributed by atoms with Gasteiger partial charge in [0.2, 0.25) is 0 Å². The number of benzene rings is 1. The van der Waals surface area contributed by atoms with Crippen LogP contribution < -0.4 is 5.32 Å². The van der Waals surface area contributed by atoms with Crippen LogP contribution in [0.15, 0.2) is 30.3 Å². The first-order chi connectivity index (χ1) is 7.11. The Morgan fingerprint density at radius 1 is 1.53 bits per heavy atom. The van der Waals surface area contributed by atoms with Gasteiger partial charge in [0.15, 0.2) is 6.54 Å². The molecule has 1 aliphatic heterocycles. The molecule has 0 radical (unpaired) electrons. The van der Waals surface area contributed by atoms with Crippen LogP contribution in [0, 0.1) is 0 Å². The molecule has 0 aromatic heterocycles. The summed E-state index contributed by atoms with van der Waals surface area (Å²) in [5.74, 6) is -0.225. The summed E-state index contributed by atoms with van der Waals surface area (Å²) in [6.07, 6.45) is 0. The number of esters is 1. The maximum Gasteiger partial charge on any atom is 0.329 e. The number of ether oxygens (including phenoxy) is 1. The molecule has 2 atom stereocenters. The van der Waals surface area contributed by atoms with Crippen molar-refractivity contribution in [3.8, 4) is 0 Å². The second-order valence-electron chi connectivity index (χ2n) is 3.92. The molecule has 15 heavy (non-hydrogen) atoms. The van der Waals surface area contributed by atoms with Crippen molar-refractivity contribution in [2.75, 3.05) is 6.54 Å². The Morgan fingerprint density at radius 2 is 2.13 bits per heavy atom. The summed E-state index contributed by atoms with van der Waals surface area (Å²) in [6.45, 7) is 2.77. The highest BCUT2D eigenvalue weighted by Crippen LogP contribution is 2.25. The van der Waals surface area contributed by atoms with Crippen molar-refractivity contribution in [1.29, 1.82) is 0 Å². The fraction of sp³-hybridized carbons (Fsp3) is 0.364. The topological polar surface area (TPSA) is 42.9 Å². The minimum Gasteiger partial charge on any atom is -0.403 e. The second-order valence-corrected chi connectivity index (χ2v) is 4.83. The van der Waals surface area contributed by atoms with Gasteiger partial charge in [-0.15, -0.1) is 0 Å². The number of quaternary nitrogens is 1. The summed E-state index contributed by atoms with van der Waals surface area (Å²) in [5, 5.41) is 1.98. The Morgan fingerprint density at radius 3 is 2.67 bits per heavy atom. The molecule has 0 amide bonds. The number of carbonyl (C=O) groups excluding carboxylic acids is 1. The highest BCUT2D eigenvalue weighted by molar-refractivity contribution is 9.09. The summed E-state index contributed by atoms with van der Waals surface area (Å²) in [4.78, 5) is 11.3. The molecule has 1 heterocycles. The van der Waals surface area contributed by atoms with Gasteiger partial charge in [0.25, 0.3) is 5.72 Å². The zero-order valence-corrected chi connectivity index (χ0v) is 10.0. The van der Waals surface area contributed by atoms with Crippen molar-refractivity contribution in [3.63, 3.8) is 0 Å². The van der Waals surface area contributed by atoms with Crippen LogP contribution in [-0.4, -0.2) is 18.2 Å². The van der Waals surface area contributed by atoms with E-state index >= 15 is 0 Å². The standard InChI is InChI=1S/C11H12BrNO2/c1-11(7-13-11)15-10(14)9(12)8-5-3-2-4-6-8/h2-6,9,13H,7H2,1H3/p+1. The smallest absolute Gasteiger partial charge is 0.329 e. The monoisotopic (exact) mass is 270 g/mol. The molecule has 0 saturated carbocycles. The lowest BCUT2D eigenvalue weighted by Crippen LogP contribution is -2.65. The van der Waals surface area contributed by atoms with Gasteiger partial charge in [-0.3, -0.25) is 10.1 Å². The average molecular weight is 271 g/mol. The molecule has 1 aliphatic rings. The first-order valence-electron chi connectivity index (χ1n) is 4.87. The van der Waals surface area contributed by atoms with E-state index in [2.05, 4.69) is 15.9 Å². The molecule has 0 bridgehead atoms. The van der Waals surface area contributed by atoms with Crippen LogP contribution in [0.5, 0.6) is 0 Å². The van der Waals surface area contributed by atoms with Gasteiger partial charge in [-0.1, -0.05) is 46.3 Å². The lowest BCUT2D eigenvalue weighted by Gasteiger charge is -2.10. The maximum atomic E-state index is 11.7. The average Bonchev–Trinajstić information content (AvgIpc) is 2.96. The number of hydrogen-bond donors (Lipinski definition) is 1. The fourth-order valence-corrected chi connectivity index (χ4v) is 1.67. The molecule has 1 aromatic carbocycles. The lowest BCUT2D eigenvalue weighted by atomic mass is 10.1. The van der Waals surface area contributed by atoms with Crippen molar-refractivity contribution in [1.82, 2.24) is 0 Å². The van der Waals surface area contributed by atoms with Crippen LogP contribution in [0.1, 0.15) is 17.3 Å². The van der Waals surface area contributed by atoms with Gasteiger partial charge in [0, 0.05) is 6.92 Å². The highest BCUT2D eigenvalue weighted by atomic mass is 79.9. The molecular weight excluding hydrogens is 258 g/mol. The Labute approximate surface area is 96.9 Å². The molecule has 1 saturated heterocycles. The Bertz CT molecular complexity index is 362. The molecule has 2 N–H and O–H groups in total. The molecule has 3 nitrogen and oxygen atoms in total. The van der Waals surface area contributed by atoms with Crippen LogP contribution in [0.4, 0.5) is 0 Å². The van der Waals surface area contributed by atoms with E-state index in [0.717, 1.165) is 12.1 Å². The van der Waals surface area contributed by atoms with Crippen molar-refractivity contribution in [2.45, 2.75) is 17.5 Å². The van der Waals surface area contributed by atoms with Crippen LogP contribution in [0.2, 0.25) is 0 Å². The first kappa shape index (κ1) is 10.6. The predicted octanol–water partition coefficient (Wildman–Crippen LogP) is 0.959. The number of halogens is 1. The van der Waals surface area contributed by atoms with Crippen molar-refractivity contribution in [2.24, 2.45) is 0 Å². The number of nitrogens with two attached hydrogens (primary N) is 1. The van der Waals surface area contributed by atoms with Crippen LogP contribution >= 0.6 is 15.9 Å². The molecule has 80 valence electrons. The quantitative estimate of drug-likeness (QED) is 0.505. The lowest BCUT2D eigenvalue weighted by molar-refractivity contribution is -0.552. The second kappa shape index (κ2) is 3.94. The van der Waals surface area contributed by atoms with Crippen LogP contribution in [0.25, 0.3) is 0 Å². The van der Waals surface area contributed by atoms with E-state index in [-0.39, 0.29) is 16.5 Å². The largest absolute Gasteiger partial charge is 0.403 e. The fourth-order valence-electron chi connectivity index (χ4n) is 1.27. The molecule has 2 rings (SSSR count). The van der Waals surface area contributed by atoms with Gasteiger partial charge < -0.3 is 4.74 Å². The third-order valence-corrected chi connectivity index (χ3v) is 3.31. The minimum atomic E-state index is -0.371. The number of carbonyl (C=O) groups is 1. The van der Waals surface area contributed by atoms with E-state index in [4.69, 9.17) is 4.74 Å². The number of rotatable bonds is 3. The predicted molar refractivity (Wildman–Crippen MR) is 59.4 cm³/mol. The molecular formula is C11H13BrNO2+.